The standard InChI is InChI=1S/C11H11NO4/c1-6(13)10-8-5-7(15-2)3-4-9(8)16-12-11(10)14/h3-5,10H,1-2H3,(H,12,14). The van der Waals surface area contributed by atoms with Crippen molar-refractivity contribution in [1.29, 1.82) is 0 Å². The number of nitrogens with one attached hydrogen (secondary N) is 1. The van der Waals surface area contributed by atoms with E-state index in [0.717, 1.165) is 0 Å². The fraction of sp³-hybridized carbons (Fsp3) is 0.273. The smallest absolute Gasteiger partial charge is 0.267 e. The fourth-order valence-electron chi connectivity index (χ4n) is 1.68. The summed E-state index contributed by atoms with van der Waals surface area (Å²) in [5, 5.41) is 0. The Morgan fingerprint density at radius 2 is 2.25 bits per heavy atom. The second-order valence-electron chi connectivity index (χ2n) is 3.52. The summed E-state index contributed by atoms with van der Waals surface area (Å²) in [6.07, 6.45) is 0. The topological polar surface area (TPSA) is 64.6 Å². The Bertz CT molecular complexity index is 455. The molecule has 5 heteroatoms. The minimum Gasteiger partial charge on any atom is -0.497 e. The Hall–Kier alpha value is -2.04. The number of carbonyl (C=O) groups is 2. The number of methoxy groups -OCH3 is 1. The molecule has 2 rings (SSSR count). The molecule has 0 saturated carbocycles. The zero-order valence-corrected chi connectivity index (χ0v) is 8.94. The van der Waals surface area contributed by atoms with Crippen molar-refractivity contribution >= 4 is 11.7 Å². The summed E-state index contributed by atoms with van der Waals surface area (Å²) < 4.78 is 5.05. The van der Waals surface area contributed by atoms with Gasteiger partial charge in [-0.05, 0) is 25.1 Å². The number of benzene rings is 1. The lowest BCUT2D eigenvalue weighted by Crippen LogP contribution is -2.39. The minimum absolute atomic E-state index is 0.227. The van der Waals surface area contributed by atoms with Crippen LogP contribution in [0, 0.1) is 0 Å². The van der Waals surface area contributed by atoms with Crippen LogP contribution in [-0.4, -0.2) is 18.8 Å². The van der Waals surface area contributed by atoms with Crippen LogP contribution >= 0.6 is 0 Å². The molecule has 5 nitrogen and oxygen atoms in total. The molecule has 1 aliphatic rings. The second kappa shape index (κ2) is 3.84. The van der Waals surface area contributed by atoms with Crippen LogP contribution in [-0.2, 0) is 9.59 Å². The number of Topliss-reactive ketones (excluding diaryl/α,β-unsaturated/α-hetero) is 1. The van der Waals surface area contributed by atoms with Crippen molar-refractivity contribution < 1.29 is 19.2 Å². The molecule has 0 saturated heterocycles. The van der Waals surface area contributed by atoms with E-state index in [1.54, 1.807) is 18.2 Å². The van der Waals surface area contributed by atoms with Gasteiger partial charge in [0.2, 0.25) is 0 Å². The summed E-state index contributed by atoms with van der Waals surface area (Å²) in [6.45, 7) is 1.37. The number of hydrogen-bond acceptors (Lipinski definition) is 4. The lowest BCUT2D eigenvalue weighted by Gasteiger charge is -2.23. The van der Waals surface area contributed by atoms with Crippen molar-refractivity contribution in [3.8, 4) is 11.5 Å². The van der Waals surface area contributed by atoms with Crippen LogP contribution in [0.5, 0.6) is 11.5 Å². The summed E-state index contributed by atoms with van der Waals surface area (Å²) in [4.78, 5) is 27.9. The zero-order chi connectivity index (χ0) is 11.7. The molecule has 16 heavy (non-hydrogen) atoms. The number of hydroxylamine groups is 1. The predicted octanol–water partition coefficient (Wildman–Crippen LogP) is 0.791. The number of hydrogen-bond donors (Lipinski definition) is 1. The summed E-state index contributed by atoms with van der Waals surface area (Å²) in [6, 6.07) is 5.00. The van der Waals surface area contributed by atoms with Gasteiger partial charge in [0, 0.05) is 5.56 Å². The first-order chi connectivity index (χ1) is 7.63. The van der Waals surface area contributed by atoms with E-state index in [4.69, 9.17) is 9.57 Å². The highest BCUT2D eigenvalue weighted by atomic mass is 16.7. The molecule has 1 unspecified atom stereocenters. The fourth-order valence-corrected chi connectivity index (χ4v) is 1.68. The van der Waals surface area contributed by atoms with Crippen molar-refractivity contribution in [1.82, 2.24) is 5.48 Å². The van der Waals surface area contributed by atoms with Gasteiger partial charge in [0.05, 0.1) is 7.11 Å². The molecule has 0 aromatic heterocycles. The van der Waals surface area contributed by atoms with Gasteiger partial charge in [0.25, 0.3) is 5.91 Å². The van der Waals surface area contributed by atoms with E-state index in [9.17, 15) is 9.59 Å². The Labute approximate surface area is 92.3 Å². The van der Waals surface area contributed by atoms with Crippen LogP contribution in [0.15, 0.2) is 18.2 Å². The molecule has 1 aliphatic heterocycles. The summed E-state index contributed by atoms with van der Waals surface area (Å²) in [5.41, 5.74) is 2.74. The van der Waals surface area contributed by atoms with Crippen LogP contribution in [0.2, 0.25) is 0 Å². The molecular weight excluding hydrogens is 210 g/mol. The predicted molar refractivity (Wildman–Crippen MR) is 55.2 cm³/mol. The zero-order valence-electron chi connectivity index (χ0n) is 8.94. The highest BCUT2D eigenvalue weighted by molar-refractivity contribution is 6.06. The highest BCUT2D eigenvalue weighted by Gasteiger charge is 2.33. The normalized spacial score (nSPS) is 18.1. The first-order valence-electron chi connectivity index (χ1n) is 4.78. The number of amides is 1. The maximum atomic E-state index is 11.5. The monoisotopic (exact) mass is 221 g/mol. The Kier molecular flexibility index (Phi) is 2.52. The van der Waals surface area contributed by atoms with Gasteiger partial charge in [-0.1, -0.05) is 0 Å². The number of rotatable bonds is 2. The molecule has 1 aromatic rings. The summed E-state index contributed by atoms with van der Waals surface area (Å²) >= 11 is 0. The van der Waals surface area contributed by atoms with Gasteiger partial charge in [-0.3, -0.25) is 9.59 Å². The van der Waals surface area contributed by atoms with Gasteiger partial charge in [0.1, 0.15) is 17.5 Å². The van der Waals surface area contributed by atoms with Crippen LogP contribution < -0.4 is 15.1 Å². The SMILES string of the molecule is COc1ccc2c(c1)C(C(C)=O)C(=O)NO2. The number of ketones is 1. The minimum atomic E-state index is -0.821. The van der Waals surface area contributed by atoms with E-state index in [1.807, 2.05) is 0 Å². The molecule has 0 aliphatic carbocycles. The number of ether oxygens (including phenoxy) is 1. The number of carbonyl (C=O) groups excluding carboxylic acids is 2. The molecule has 1 heterocycles. The van der Waals surface area contributed by atoms with Crippen molar-refractivity contribution in [3.05, 3.63) is 23.8 Å². The average Bonchev–Trinajstić information content (AvgIpc) is 2.27. The molecule has 0 radical (unpaired) electrons. The first-order valence-corrected chi connectivity index (χ1v) is 4.78. The molecule has 84 valence electrons. The van der Waals surface area contributed by atoms with Crippen molar-refractivity contribution in [2.24, 2.45) is 0 Å². The highest BCUT2D eigenvalue weighted by Crippen LogP contribution is 2.33. The second-order valence-corrected chi connectivity index (χ2v) is 3.52. The van der Waals surface area contributed by atoms with Gasteiger partial charge in [-0.25, -0.2) is 0 Å². The van der Waals surface area contributed by atoms with E-state index in [2.05, 4.69) is 5.48 Å². The van der Waals surface area contributed by atoms with Crippen molar-refractivity contribution in [2.45, 2.75) is 12.8 Å². The molecule has 1 N–H and O–H groups in total. The molecule has 0 spiro atoms. The summed E-state index contributed by atoms with van der Waals surface area (Å²) in [5.74, 6) is -0.439. The third-order valence-corrected chi connectivity index (χ3v) is 2.46. The van der Waals surface area contributed by atoms with Gasteiger partial charge >= 0.3 is 0 Å². The quantitative estimate of drug-likeness (QED) is 0.750. The van der Waals surface area contributed by atoms with Gasteiger partial charge in [0.15, 0.2) is 5.75 Å². The largest absolute Gasteiger partial charge is 0.497 e. The maximum absolute atomic E-state index is 11.5. The van der Waals surface area contributed by atoms with E-state index in [1.165, 1.54) is 14.0 Å². The maximum Gasteiger partial charge on any atom is 0.267 e. The van der Waals surface area contributed by atoms with Crippen molar-refractivity contribution in [3.63, 3.8) is 0 Å². The molecular formula is C11H11NO4. The van der Waals surface area contributed by atoms with Crippen molar-refractivity contribution in [2.75, 3.05) is 7.11 Å². The third-order valence-electron chi connectivity index (χ3n) is 2.46. The Morgan fingerprint density at radius 3 is 2.88 bits per heavy atom. The van der Waals surface area contributed by atoms with Gasteiger partial charge in [-0.15, -0.1) is 0 Å². The van der Waals surface area contributed by atoms with E-state index in [0.29, 0.717) is 17.1 Å². The Morgan fingerprint density at radius 1 is 1.50 bits per heavy atom. The third kappa shape index (κ3) is 1.60. The molecule has 1 atom stereocenters. The molecule has 1 aromatic carbocycles. The van der Waals surface area contributed by atoms with Crippen LogP contribution in [0.3, 0.4) is 0 Å². The lowest BCUT2D eigenvalue weighted by atomic mass is 9.93. The average molecular weight is 221 g/mol. The van der Waals surface area contributed by atoms with Crippen LogP contribution in [0.4, 0.5) is 0 Å². The number of fused-ring (bicyclic) bond motifs is 1. The Balaban J connectivity index is 2.52. The van der Waals surface area contributed by atoms with Gasteiger partial charge in [-0.2, -0.15) is 5.48 Å². The van der Waals surface area contributed by atoms with E-state index < -0.39 is 11.8 Å². The molecule has 1 amide bonds. The van der Waals surface area contributed by atoms with Gasteiger partial charge < -0.3 is 9.57 Å². The van der Waals surface area contributed by atoms with Crippen LogP contribution in [0.25, 0.3) is 0 Å². The molecule has 0 fully saturated rings. The van der Waals surface area contributed by atoms with E-state index >= 15 is 0 Å². The van der Waals surface area contributed by atoms with E-state index in [-0.39, 0.29) is 5.78 Å². The molecule has 0 bridgehead atoms. The van der Waals surface area contributed by atoms with Crippen LogP contribution in [0.1, 0.15) is 18.4 Å². The first kappa shape index (κ1) is 10.5. The summed E-state index contributed by atoms with van der Waals surface area (Å²) in [7, 11) is 1.52. The lowest BCUT2D eigenvalue weighted by molar-refractivity contribution is -0.135.